The van der Waals surface area contributed by atoms with Gasteiger partial charge in [-0.15, -0.1) is 0 Å². The third-order valence-electron chi connectivity index (χ3n) is 3.32. The Morgan fingerprint density at radius 3 is 3.06 bits per heavy atom. The summed E-state index contributed by atoms with van der Waals surface area (Å²) < 4.78 is 18.8. The molecule has 4 heteroatoms. The first-order valence-corrected chi connectivity index (χ1v) is 6.87. The lowest BCUT2D eigenvalue weighted by Gasteiger charge is -2.20. The van der Waals surface area contributed by atoms with Crippen molar-refractivity contribution in [2.75, 3.05) is 19.7 Å². The first kappa shape index (κ1) is 13.8. The van der Waals surface area contributed by atoms with E-state index in [2.05, 4.69) is 12.2 Å². The number of hydrogen-bond donors (Lipinski definition) is 1. The molecule has 0 radical (unpaired) electrons. The lowest BCUT2D eigenvalue weighted by molar-refractivity contribution is 0.0906. The van der Waals surface area contributed by atoms with Gasteiger partial charge in [0.1, 0.15) is 5.82 Å². The molecule has 0 amide bonds. The van der Waals surface area contributed by atoms with Gasteiger partial charge in [-0.05, 0) is 37.1 Å². The molecule has 2 nitrogen and oxygen atoms in total. The van der Waals surface area contributed by atoms with Gasteiger partial charge in [0.15, 0.2) is 0 Å². The molecule has 0 aromatic heterocycles. The van der Waals surface area contributed by atoms with Crippen molar-refractivity contribution in [1.29, 1.82) is 0 Å². The fourth-order valence-corrected chi connectivity index (χ4v) is 2.66. The molecule has 2 rings (SSSR count). The van der Waals surface area contributed by atoms with Crippen LogP contribution in [0.2, 0.25) is 5.02 Å². The Morgan fingerprint density at radius 1 is 1.50 bits per heavy atom. The molecule has 0 aliphatic carbocycles. The third kappa shape index (κ3) is 3.22. The molecule has 100 valence electrons. The number of benzene rings is 1. The van der Waals surface area contributed by atoms with Crippen molar-refractivity contribution in [1.82, 2.24) is 5.32 Å². The van der Waals surface area contributed by atoms with Crippen LogP contribution in [0.4, 0.5) is 4.39 Å². The largest absolute Gasteiger partial charge is 0.373 e. The topological polar surface area (TPSA) is 21.3 Å². The molecule has 1 aliphatic rings. The first-order chi connectivity index (χ1) is 8.72. The van der Waals surface area contributed by atoms with Crippen LogP contribution in [0.1, 0.15) is 31.4 Å². The summed E-state index contributed by atoms with van der Waals surface area (Å²) in [7, 11) is 0. The van der Waals surface area contributed by atoms with E-state index >= 15 is 0 Å². The third-order valence-corrected chi connectivity index (χ3v) is 3.64. The van der Waals surface area contributed by atoms with E-state index in [4.69, 9.17) is 16.3 Å². The predicted molar refractivity (Wildman–Crippen MR) is 71.4 cm³/mol. The van der Waals surface area contributed by atoms with Gasteiger partial charge in [-0.1, -0.05) is 24.6 Å². The van der Waals surface area contributed by atoms with E-state index in [1.165, 1.54) is 12.1 Å². The van der Waals surface area contributed by atoms with Gasteiger partial charge in [0.25, 0.3) is 0 Å². The average molecular weight is 272 g/mol. The van der Waals surface area contributed by atoms with Crippen molar-refractivity contribution >= 4 is 11.6 Å². The summed E-state index contributed by atoms with van der Waals surface area (Å²) in [6.45, 7) is 4.83. The van der Waals surface area contributed by atoms with E-state index < -0.39 is 0 Å². The number of rotatable bonds is 5. The van der Waals surface area contributed by atoms with Gasteiger partial charge in [-0.2, -0.15) is 0 Å². The smallest absolute Gasteiger partial charge is 0.124 e. The van der Waals surface area contributed by atoms with E-state index in [0.29, 0.717) is 10.9 Å². The van der Waals surface area contributed by atoms with Crippen molar-refractivity contribution in [2.45, 2.75) is 25.9 Å². The van der Waals surface area contributed by atoms with Gasteiger partial charge in [0.05, 0.1) is 6.10 Å². The van der Waals surface area contributed by atoms with Crippen LogP contribution in [0.15, 0.2) is 18.2 Å². The van der Waals surface area contributed by atoms with Crippen molar-refractivity contribution < 1.29 is 9.13 Å². The Labute approximate surface area is 112 Å². The fraction of sp³-hybridized carbons (Fsp3) is 0.571. The molecule has 2 unspecified atom stereocenters. The monoisotopic (exact) mass is 271 g/mol. The molecule has 0 spiro atoms. The molecule has 1 aromatic rings. The van der Waals surface area contributed by atoms with Gasteiger partial charge >= 0.3 is 0 Å². The van der Waals surface area contributed by atoms with Crippen LogP contribution < -0.4 is 5.32 Å². The van der Waals surface area contributed by atoms with Crippen molar-refractivity contribution in [3.63, 3.8) is 0 Å². The number of hydrogen-bond acceptors (Lipinski definition) is 2. The standard InChI is InChI=1S/C14H19ClFNO/c1-2-6-17-9-10-5-7-18-14(10)12-4-3-11(16)8-13(12)15/h3-4,8,10,14,17H,2,5-7,9H2,1H3. The van der Waals surface area contributed by atoms with E-state index in [-0.39, 0.29) is 11.9 Å². The Bertz CT molecular complexity index is 399. The Hall–Kier alpha value is -0.640. The lowest BCUT2D eigenvalue weighted by atomic mass is 9.95. The van der Waals surface area contributed by atoms with Gasteiger partial charge in [0.2, 0.25) is 0 Å². The summed E-state index contributed by atoms with van der Waals surface area (Å²) in [5, 5.41) is 3.87. The summed E-state index contributed by atoms with van der Waals surface area (Å²) in [6, 6.07) is 4.54. The predicted octanol–water partition coefficient (Wildman–Crippen LogP) is 3.56. The van der Waals surface area contributed by atoms with Crippen LogP contribution in [0.3, 0.4) is 0 Å². The average Bonchev–Trinajstić information content (AvgIpc) is 2.78. The van der Waals surface area contributed by atoms with Crippen LogP contribution in [0.5, 0.6) is 0 Å². The normalized spacial score (nSPS) is 23.5. The zero-order chi connectivity index (χ0) is 13.0. The molecule has 1 heterocycles. The quantitative estimate of drug-likeness (QED) is 0.827. The molecule has 1 saturated heterocycles. The Balaban J connectivity index is 2.06. The molecule has 0 bridgehead atoms. The maximum atomic E-state index is 13.0. The Kier molecular flexibility index (Phi) is 4.98. The molecule has 2 atom stereocenters. The Morgan fingerprint density at radius 2 is 2.33 bits per heavy atom. The maximum absolute atomic E-state index is 13.0. The number of ether oxygens (including phenoxy) is 1. The number of nitrogens with one attached hydrogen (secondary N) is 1. The molecule has 1 aromatic carbocycles. The molecular formula is C14H19ClFNO. The molecule has 0 saturated carbocycles. The zero-order valence-corrected chi connectivity index (χ0v) is 11.3. The van der Waals surface area contributed by atoms with Crippen LogP contribution in [0.25, 0.3) is 0 Å². The molecule has 1 aliphatic heterocycles. The first-order valence-electron chi connectivity index (χ1n) is 6.49. The molecular weight excluding hydrogens is 253 g/mol. The van der Waals surface area contributed by atoms with Crippen molar-refractivity contribution in [3.05, 3.63) is 34.6 Å². The number of halogens is 2. The summed E-state index contributed by atoms with van der Waals surface area (Å²) in [4.78, 5) is 0. The second-order valence-corrected chi connectivity index (χ2v) is 5.12. The van der Waals surface area contributed by atoms with Gasteiger partial charge < -0.3 is 10.1 Å². The van der Waals surface area contributed by atoms with E-state index in [1.54, 1.807) is 6.07 Å². The minimum absolute atomic E-state index is 0.0116. The summed E-state index contributed by atoms with van der Waals surface area (Å²) in [6.07, 6.45) is 2.13. The van der Waals surface area contributed by atoms with Gasteiger partial charge in [0, 0.05) is 24.1 Å². The summed E-state index contributed by atoms with van der Waals surface area (Å²) in [5.41, 5.74) is 0.902. The fourth-order valence-electron chi connectivity index (χ4n) is 2.38. The van der Waals surface area contributed by atoms with Crippen molar-refractivity contribution in [2.24, 2.45) is 5.92 Å². The van der Waals surface area contributed by atoms with Crippen LogP contribution in [-0.4, -0.2) is 19.7 Å². The highest BCUT2D eigenvalue weighted by Crippen LogP contribution is 2.37. The van der Waals surface area contributed by atoms with Crippen LogP contribution in [0, 0.1) is 11.7 Å². The minimum Gasteiger partial charge on any atom is -0.373 e. The summed E-state index contributed by atoms with van der Waals surface area (Å²) >= 11 is 6.10. The highest BCUT2D eigenvalue weighted by atomic mass is 35.5. The second-order valence-electron chi connectivity index (χ2n) is 4.71. The molecule has 18 heavy (non-hydrogen) atoms. The van der Waals surface area contributed by atoms with Gasteiger partial charge in [-0.3, -0.25) is 0 Å². The second kappa shape index (κ2) is 6.50. The summed E-state index contributed by atoms with van der Waals surface area (Å²) in [5.74, 6) is 0.113. The molecule has 1 N–H and O–H groups in total. The maximum Gasteiger partial charge on any atom is 0.124 e. The lowest BCUT2D eigenvalue weighted by Crippen LogP contribution is -2.25. The van der Waals surface area contributed by atoms with E-state index in [1.807, 2.05) is 0 Å². The molecule has 1 fully saturated rings. The SMILES string of the molecule is CCCNCC1CCOC1c1ccc(F)cc1Cl. The van der Waals surface area contributed by atoms with Gasteiger partial charge in [-0.25, -0.2) is 4.39 Å². The highest BCUT2D eigenvalue weighted by molar-refractivity contribution is 6.31. The van der Waals surface area contributed by atoms with E-state index in [9.17, 15) is 4.39 Å². The van der Waals surface area contributed by atoms with E-state index in [0.717, 1.165) is 38.1 Å². The van der Waals surface area contributed by atoms with Crippen molar-refractivity contribution in [3.8, 4) is 0 Å². The van der Waals surface area contributed by atoms with Crippen LogP contribution >= 0.6 is 11.6 Å². The van der Waals surface area contributed by atoms with Crippen LogP contribution in [-0.2, 0) is 4.74 Å². The minimum atomic E-state index is -0.303. The zero-order valence-electron chi connectivity index (χ0n) is 10.6. The highest BCUT2D eigenvalue weighted by Gasteiger charge is 2.30.